The van der Waals surface area contributed by atoms with E-state index in [1.54, 1.807) is 61.0 Å². The van der Waals surface area contributed by atoms with Crippen molar-refractivity contribution in [3.63, 3.8) is 0 Å². The molecule has 24 nitrogen and oxygen atoms in total. The Morgan fingerprint density at radius 2 is 0.943 bits per heavy atom. The number of amidine groups is 3. The average Bonchev–Trinajstić information content (AvgIpc) is 1.33. The third-order valence-electron chi connectivity index (χ3n) is 17.5. The van der Waals surface area contributed by atoms with Crippen LogP contribution in [-0.2, 0) is 45.2 Å². The molecule has 3 aromatic heterocycles. The number of rotatable bonds is 20. The summed E-state index contributed by atoms with van der Waals surface area (Å²) in [6, 6.07) is 5.71. The van der Waals surface area contributed by atoms with Crippen molar-refractivity contribution in [2.45, 2.75) is 107 Å². The largest absolute Gasteiger partial charge is 0.466 e. The summed E-state index contributed by atoms with van der Waals surface area (Å²) in [6.45, 7) is 3.81. The maximum atomic E-state index is 14.5. The van der Waals surface area contributed by atoms with Crippen LogP contribution in [0.4, 0.5) is 39.5 Å². The molecular formula is C68H69Br3F9N15O9S2. The lowest BCUT2D eigenvalue weighted by molar-refractivity contribution is -0.139. The van der Waals surface area contributed by atoms with Gasteiger partial charge in [0.05, 0.1) is 74.4 Å². The summed E-state index contributed by atoms with van der Waals surface area (Å²) in [6.07, 6.45) is 4.45. The minimum atomic E-state index is -3.13. The monoisotopic (exact) mass is 1710 g/mol. The van der Waals surface area contributed by atoms with Crippen LogP contribution in [0.3, 0.4) is 0 Å². The van der Waals surface area contributed by atoms with Crippen LogP contribution >= 0.6 is 70.5 Å². The van der Waals surface area contributed by atoms with Crippen LogP contribution in [0.2, 0.25) is 0 Å². The number of imidazole rings is 1. The standard InChI is InChI=1S/C24H26BrF3N4O3S.C23H24BrF3N6O3.C21H19BrF3N5O3S/c1-4-35-22(33)18-16(11-32-12-24(27,28)10-17(32)23(2,3)34)30-20(21-29-7-8-36-21)31-19(18)14-6-5-13(26)9-15(14)25;1-3-36-22(35)17-15(10-33-11-23(26,27)9-16(33)19(28)34)30-20(21-29-6-7-32(21)2)31-18(17)13-5-4-12(25)8-14(13)24;1-33-20(32)15-13(8-30-9-21(24,25)7-14(30)17(26)31)28-18(19-27-4-5-34-19)29-16(15)11-3-2-10(23)6-12(11)22/h5-9,17,19,34H,4,10-12H2,1-3H3,(H,30,31);4-8,16,18H,3,9-11H2,1-2H3,(H2,28,34)(H,30,31);2-6,14,16H,7-9H2,1H3,(H2,26,31)(H,28,29)/t17-,19-;16-,18-;14-,16-/m000/s1. The molecule has 0 radical (unpaired) electrons. The molecule has 0 unspecified atom stereocenters. The Kier molecular flexibility index (Phi) is 25.1. The van der Waals surface area contributed by atoms with Crippen molar-refractivity contribution >= 4 is 118 Å². The molecule has 6 aliphatic rings. The third kappa shape index (κ3) is 18.6. The van der Waals surface area contributed by atoms with E-state index in [1.807, 2.05) is 0 Å². The van der Waals surface area contributed by atoms with Gasteiger partial charge < -0.3 is 51.3 Å². The number of benzene rings is 3. The van der Waals surface area contributed by atoms with Crippen molar-refractivity contribution < 1.29 is 82.8 Å². The van der Waals surface area contributed by atoms with E-state index in [2.05, 4.69) is 83.7 Å². The molecule has 3 aromatic carbocycles. The molecule has 0 saturated carbocycles. The Labute approximate surface area is 633 Å². The zero-order valence-corrected chi connectivity index (χ0v) is 63.5. The molecule has 0 spiro atoms. The molecule has 6 aliphatic heterocycles. The molecule has 9 heterocycles. The number of nitrogens with two attached hydrogens (primary N) is 2. The molecule has 3 saturated heterocycles. The molecule has 38 heteroatoms. The molecule has 12 rings (SSSR count). The molecule has 6 atom stereocenters. The van der Waals surface area contributed by atoms with Crippen molar-refractivity contribution in [2.75, 3.05) is 59.6 Å². The van der Waals surface area contributed by atoms with E-state index >= 15 is 0 Å². The summed E-state index contributed by atoms with van der Waals surface area (Å²) in [7, 11) is 2.92. The maximum Gasteiger partial charge on any atom is 0.338 e. The molecule has 6 aromatic rings. The lowest BCUT2D eigenvalue weighted by atomic mass is 9.93. The van der Waals surface area contributed by atoms with Crippen LogP contribution in [0.25, 0.3) is 0 Å². The fraction of sp³-hybridized carbons (Fsp3) is 0.397. The highest BCUT2D eigenvalue weighted by molar-refractivity contribution is 9.11. The zero-order valence-electron chi connectivity index (χ0n) is 57.1. The number of esters is 3. The SMILES string of the molecule is CCOC(=O)C1=C(CN2CC(F)(F)C[C@H]2C(C)(C)O)NC(c2nccs2)=N[C@H]1c1ccc(F)cc1Br.CCOC(=O)C1=C(CN2CC(F)(F)C[C@H]2C(N)=O)NC(c2nccn2C)=N[C@H]1c1ccc(F)cc1Br.COC(=O)C1=C(CN2CC(F)(F)C[C@H]2C(N)=O)NC(c2nccs2)=N[C@H]1c1ccc(F)cc1Br. The summed E-state index contributed by atoms with van der Waals surface area (Å²) in [5.41, 5.74) is 11.7. The summed E-state index contributed by atoms with van der Waals surface area (Å²) in [5.74, 6) is -13.4. The number of hydrogen-bond donors (Lipinski definition) is 6. The molecule has 0 bridgehead atoms. The van der Waals surface area contributed by atoms with Gasteiger partial charge in [-0.25, -0.2) is 68.8 Å². The number of likely N-dealkylation sites (tertiary alicyclic amines) is 3. The smallest absolute Gasteiger partial charge is 0.338 e. The van der Waals surface area contributed by atoms with Gasteiger partial charge in [0, 0.05) is 118 Å². The fourth-order valence-corrected chi connectivity index (χ4v) is 15.8. The maximum absolute atomic E-state index is 14.5. The van der Waals surface area contributed by atoms with Crippen LogP contribution in [0.1, 0.15) is 97.6 Å². The average molecular weight is 1720 g/mol. The first-order chi connectivity index (χ1) is 50.0. The fourth-order valence-electron chi connectivity index (χ4n) is 12.9. The van der Waals surface area contributed by atoms with Gasteiger partial charge in [0.2, 0.25) is 11.8 Å². The number of carbonyl (C=O) groups excluding carboxylic acids is 5. The topological polar surface area (TPSA) is 312 Å². The van der Waals surface area contributed by atoms with Gasteiger partial charge in [-0.3, -0.25) is 39.3 Å². The first-order valence-electron chi connectivity index (χ1n) is 32.4. The second-order valence-electron chi connectivity index (χ2n) is 25.6. The number of aliphatic hydroxyl groups is 1. The van der Waals surface area contributed by atoms with E-state index in [1.165, 1.54) is 113 Å². The van der Waals surface area contributed by atoms with E-state index in [0.29, 0.717) is 63.3 Å². The molecular weight excluding hydrogens is 1650 g/mol. The molecule has 8 N–H and O–H groups in total. The van der Waals surface area contributed by atoms with E-state index in [0.717, 1.165) is 0 Å². The lowest BCUT2D eigenvalue weighted by Gasteiger charge is -2.35. The second kappa shape index (κ2) is 33.1. The van der Waals surface area contributed by atoms with Crippen LogP contribution in [0.15, 0.2) is 152 Å². The molecule has 566 valence electrons. The number of ether oxygens (including phenoxy) is 3. The Morgan fingerprint density at radius 3 is 1.28 bits per heavy atom. The van der Waals surface area contributed by atoms with Crippen molar-refractivity contribution in [2.24, 2.45) is 33.5 Å². The number of nitrogens with zero attached hydrogens (tertiary/aromatic N) is 10. The Balaban J connectivity index is 0.000000170. The Hall–Kier alpha value is -8.24. The first kappa shape index (κ1) is 80.3. The minimum absolute atomic E-state index is 0.0357. The first-order valence-corrected chi connectivity index (χ1v) is 36.6. The highest BCUT2D eigenvalue weighted by Gasteiger charge is 2.53. The number of nitrogens with one attached hydrogen (secondary N) is 3. The number of methoxy groups -OCH3 is 1. The predicted molar refractivity (Wildman–Crippen MR) is 383 cm³/mol. The molecule has 0 aliphatic carbocycles. The number of aromatic nitrogens is 4. The van der Waals surface area contributed by atoms with E-state index < -0.39 is 146 Å². The number of aryl methyl sites for hydroxylation is 1. The highest BCUT2D eigenvalue weighted by atomic mass is 79.9. The van der Waals surface area contributed by atoms with Crippen molar-refractivity contribution in [1.29, 1.82) is 0 Å². The van der Waals surface area contributed by atoms with Gasteiger partial charge in [0.1, 0.15) is 35.6 Å². The van der Waals surface area contributed by atoms with Gasteiger partial charge in [0.25, 0.3) is 17.8 Å². The summed E-state index contributed by atoms with van der Waals surface area (Å²) in [5, 5.41) is 24.3. The van der Waals surface area contributed by atoms with Gasteiger partial charge >= 0.3 is 17.9 Å². The number of hydrogen-bond acceptors (Lipinski definition) is 23. The van der Waals surface area contributed by atoms with Gasteiger partial charge in [-0.1, -0.05) is 66.0 Å². The molecule has 3 fully saturated rings. The zero-order chi connectivity index (χ0) is 77.1. The Morgan fingerprint density at radius 1 is 0.575 bits per heavy atom. The summed E-state index contributed by atoms with van der Waals surface area (Å²) >= 11 is 12.6. The number of thiazole rings is 2. The highest BCUT2D eigenvalue weighted by Crippen LogP contribution is 2.44. The number of primary amides is 2. The summed E-state index contributed by atoms with van der Waals surface area (Å²) < 4.78 is 146. The number of aliphatic imine (C=N–C) groups is 3. The second-order valence-corrected chi connectivity index (χ2v) is 29.9. The molecule has 2 amide bonds. The van der Waals surface area contributed by atoms with Gasteiger partial charge in [0.15, 0.2) is 33.3 Å². The molecule has 106 heavy (non-hydrogen) atoms. The summed E-state index contributed by atoms with van der Waals surface area (Å²) in [4.78, 5) is 93.9. The van der Waals surface area contributed by atoms with Gasteiger partial charge in [-0.2, -0.15) is 0 Å². The van der Waals surface area contributed by atoms with Gasteiger partial charge in [-0.15, -0.1) is 22.7 Å². The van der Waals surface area contributed by atoms with Crippen molar-refractivity contribution in [1.82, 2.24) is 50.2 Å². The predicted octanol–water partition coefficient (Wildman–Crippen LogP) is 9.62. The van der Waals surface area contributed by atoms with E-state index in [-0.39, 0.29) is 66.8 Å². The van der Waals surface area contributed by atoms with Crippen LogP contribution in [0, 0.1) is 17.5 Å². The quantitative estimate of drug-likeness (QED) is 0.0235. The van der Waals surface area contributed by atoms with E-state index in [4.69, 9.17) is 35.7 Å². The third-order valence-corrected chi connectivity index (χ3v) is 21.1. The van der Waals surface area contributed by atoms with Crippen LogP contribution in [-0.4, -0.2) is 188 Å². The Bertz CT molecular complexity index is 4540. The number of halogens is 12. The van der Waals surface area contributed by atoms with Gasteiger partial charge in [-0.05, 0) is 80.8 Å². The normalized spacial score (nSPS) is 22.2. The van der Waals surface area contributed by atoms with Crippen LogP contribution in [0.5, 0.6) is 0 Å². The number of alkyl halides is 6. The van der Waals surface area contributed by atoms with Crippen molar-refractivity contribution in [3.05, 3.63) is 187 Å². The lowest BCUT2D eigenvalue weighted by Crippen LogP contribution is -2.48. The number of amides is 2. The van der Waals surface area contributed by atoms with Crippen LogP contribution < -0.4 is 27.4 Å². The van der Waals surface area contributed by atoms with E-state index in [9.17, 15) is 68.6 Å². The van der Waals surface area contributed by atoms with Crippen molar-refractivity contribution in [3.8, 4) is 0 Å². The number of carbonyl (C=O) groups is 5. The minimum Gasteiger partial charge on any atom is -0.466 e.